The fraction of sp³-hybridized carbons (Fsp3) is 0.333. The van der Waals surface area contributed by atoms with Crippen LogP contribution in [0.15, 0.2) is 52.1 Å². The highest BCUT2D eigenvalue weighted by Crippen LogP contribution is 2.17. The molecular formula is C18H23N3O5S2. The monoisotopic (exact) mass is 425 g/mol. The Morgan fingerprint density at radius 3 is 2.43 bits per heavy atom. The van der Waals surface area contributed by atoms with Crippen LogP contribution in [0.3, 0.4) is 0 Å². The lowest BCUT2D eigenvalue weighted by molar-refractivity contribution is -0.131. The minimum Gasteiger partial charge on any atom is -0.326 e. The number of hydrogen-bond donors (Lipinski definition) is 4. The number of carbonyl (C=O) groups is 2. The van der Waals surface area contributed by atoms with E-state index in [1.54, 1.807) is 23.6 Å². The Labute approximate surface area is 168 Å². The Kier molecular flexibility index (Phi) is 8.58. The molecule has 0 fully saturated rings. The average molecular weight is 426 g/mol. The molecule has 0 aliphatic heterocycles. The van der Waals surface area contributed by atoms with Gasteiger partial charge in [-0.25, -0.2) is 13.9 Å². The second-order valence-corrected chi connectivity index (χ2v) is 8.98. The Bertz CT molecular complexity index is 855. The summed E-state index contributed by atoms with van der Waals surface area (Å²) < 4.78 is 26.9. The van der Waals surface area contributed by atoms with Crippen molar-refractivity contribution in [1.82, 2.24) is 10.2 Å². The summed E-state index contributed by atoms with van der Waals surface area (Å²) in [6.45, 7) is 0. The highest BCUT2D eigenvalue weighted by Gasteiger charge is 2.25. The van der Waals surface area contributed by atoms with Crippen molar-refractivity contribution in [3.63, 3.8) is 0 Å². The number of para-hydroxylation sites is 1. The van der Waals surface area contributed by atoms with Crippen LogP contribution < -0.4 is 15.5 Å². The summed E-state index contributed by atoms with van der Waals surface area (Å²) >= 11 is 1.04. The van der Waals surface area contributed by atoms with Gasteiger partial charge >= 0.3 is 0 Å². The number of hydrogen-bond acceptors (Lipinski definition) is 6. The summed E-state index contributed by atoms with van der Waals surface area (Å²) in [7, 11) is -3.83. The molecule has 0 spiro atoms. The van der Waals surface area contributed by atoms with E-state index in [-0.39, 0.29) is 16.5 Å². The van der Waals surface area contributed by atoms with Gasteiger partial charge in [-0.3, -0.25) is 14.8 Å². The van der Waals surface area contributed by atoms with E-state index in [4.69, 9.17) is 5.21 Å². The molecule has 0 saturated carbocycles. The number of nitrogens with one attached hydrogen (secondary N) is 3. The summed E-state index contributed by atoms with van der Waals surface area (Å²) in [5, 5.41) is 13.3. The zero-order valence-corrected chi connectivity index (χ0v) is 16.8. The number of hydroxylamine groups is 1. The van der Waals surface area contributed by atoms with Gasteiger partial charge in [0.25, 0.3) is 15.9 Å². The highest BCUT2D eigenvalue weighted by atomic mass is 32.2. The molecule has 0 bridgehead atoms. The number of thiophene rings is 1. The molecule has 10 heteroatoms. The van der Waals surface area contributed by atoms with Crippen molar-refractivity contribution in [2.75, 3.05) is 5.32 Å². The van der Waals surface area contributed by atoms with Gasteiger partial charge in [0.05, 0.1) is 0 Å². The predicted octanol–water partition coefficient (Wildman–Crippen LogP) is 2.49. The third kappa shape index (κ3) is 7.04. The fourth-order valence-electron chi connectivity index (χ4n) is 2.54. The lowest BCUT2D eigenvalue weighted by Gasteiger charge is -2.16. The molecule has 0 saturated heterocycles. The smallest absolute Gasteiger partial charge is 0.261 e. The first kappa shape index (κ1) is 22.0. The minimum atomic E-state index is -3.83. The van der Waals surface area contributed by atoms with Crippen LogP contribution >= 0.6 is 11.3 Å². The Balaban J connectivity index is 1.76. The van der Waals surface area contributed by atoms with E-state index >= 15 is 0 Å². The SMILES string of the molecule is O=C(CCCCC[C@H](NS(=O)(=O)c1cccs1)C(=O)NO)Nc1ccccc1. The van der Waals surface area contributed by atoms with Gasteiger partial charge in [-0.1, -0.05) is 37.1 Å². The van der Waals surface area contributed by atoms with Gasteiger partial charge < -0.3 is 5.32 Å². The number of sulfonamides is 1. The molecule has 8 nitrogen and oxygen atoms in total. The van der Waals surface area contributed by atoms with Crippen LogP contribution in [0.4, 0.5) is 5.69 Å². The maximum Gasteiger partial charge on any atom is 0.261 e. The van der Waals surface area contributed by atoms with Crippen molar-refractivity contribution in [1.29, 1.82) is 0 Å². The maximum atomic E-state index is 12.3. The molecule has 1 aromatic heterocycles. The predicted molar refractivity (Wildman–Crippen MR) is 107 cm³/mol. The normalized spacial score (nSPS) is 12.3. The second kappa shape index (κ2) is 10.9. The fourth-order valence-corrected chi connectivity index (χ4v) is 4.78. The van der Waals surface area contributed by atoms with Crippen LogP contribution in [0, 0.1) is 0 Å². The van der Waals surface area contributed by atoms with Gasteiger partial charge in [-0.05, 0) is 36.4 Å². The lowest BCUT2D eigenvalue weighted by atomic mass is 10.1. The van der Waals surface area contributed by atoms with E-state index in [1.165, 1.54) is 11.5 Å². The average Bonchev–Trinajstić information content (AvgIpc) is 3.22. The Hall–Kier alpha value is -2.27. The molecule has 1 atom stereocenters. The van der Waals surface area contributed by atoms with E-state index in [0.29, 0.717) is 25.7 Å². The topological polar surface area (TPSA) is 125 Å². The van der Waals surface area contributed by atoms with Gasteiger partial charge in [0.1, 0.15) is 10.3 Å². The molecular weight excluding hydrogens is 402 g/mol. The number of amides is 2. The largest absolute Gasteiger partial charge is 0.326 e. The molecule has 1 aromatic carbocycles. The van der Waals surface area contributed by atoms with E-state index in [1.807, 2.05) is 18.2 Å². The van der Waals surface area contributed by atoms with Gasteiger partial charge in [-0.15, -0.1) is 11.3 Å². The molecule has 4 N–H and O–H groups in total. The molecule has 0 aliphatic carbocycles. The van der Waals surface area contributed by atoms with Crippen LogP contribution in [0.2, 0.25) is 0 Å². The summed E-state index contributed by atoms with van der Waals surface area (Å²) in [6.07, 6.45) is 2.29. The third-order valence-electron chi connectivity index (χ3n) is 3.94. The molecule has 2 amide bonds. The molecule has 2 aromatic rings. The third-order valence-corrected chi connectivity index (χ3v) is 6.81. The van der Waals surface area contributed by atoms with E-state index < -0.39 is 22.0 Å². The molecule has 28 heavy (non-hydrogen) atoms. The second-order valence-electron chi connectivity index (χ2n) is 6.10. The molecule has 152 valence electrons. The summed E-state index contributed by atoms with van der Waals surface area (Å²) in [4.78, 5) is 23.7. The Morgan fingerprint density at radius 2 is 1.79 bits per heavy atom. The van der Waals surface area contributed by atoms with E-state index in [2.05, 4.69) is 10.0 Å². The Morgan fingerprint density at radius 1 is 1.04 bits per heavy atom. The van der Waals surface area contributed by atoms with Crippen LogP contribution in [-0.2, 0) is 19.6 Å². The lowest BCUT2D eigenvalue weighted by Crippen LogP contribution is -2.45. The molecule has 2 rings (SSSR count). The molecule has 0 radical (unpaired) electrons. The molecule has 0 unspecified atom stereocenters. The van der Waals surface area contributed by atoms with Gasteiger partial charge in [0, 0.05) is 12.1 Å². The van der Waals surface area contributed by atoms with Gasteiger partial charge in [0.15, 0.2) is 0 Å². The highest BCUT2D eigenvalue weighted by molar-refractivity contribution is 7.91. The first-order chi connectivity index (χ1) is 13.4. The van der Waals surface area contributed by atoms with Crippen LogP contribution in [0.1, 0.15) is 32.1 Å². The number of carbonyl (C=O) groups excluding carboxylic acids is 2. The first-order valence-corrected chi connectivity index (χ1v) is 11.1. The minimum absolute atomic E-state index is 0.0980. The van der Waals surface area contributed by atoms with Crippen LogP contribution in [0.5, 0.6) is 0 Å². The number of benzene rings is 1. The zero-order valence-electron chi connectivity index (χ0n) is 15.1. The van der Waals surface area contributed by atoms with Crippen LogP contribution in [-0.4, -0.2) is 31.5 Å². The van der Waals surface area contributed by atoms with Crippen molar-refractivity contribution in [2.45, 2.75) is 42.4 Å². The van der Waals surface area contributed by atoms with Crippen molar-refractivity contribution in [2.24, 2.45) is 0 Å². The first-order valence-electron chi connectivity index (χ1n) is 8.77. The number of unbranched alkanes of at least 4 members (excludes halogenated alkanes) is 2. The van der Waals surface area contributed by atoms with E-state index in [9.17, 15) is 18.0 Å². The van der Waals surface area contributed by atoms with Crippen molar-refractivity contribution < 1.29 is 23.2 Å². The van der Waals surface area contributed by atoms with E-state index in [0.717, 1.165) is 17.0 Å². The number of rotatable bonds is 11. The van der Waals surface area contributed by atoms with Gasteiger partial charge in [-0.2, -0.15) is 4.72 Å². The summed E-state index contributed by atoms with van der Waals surface area (Å²) in [5.74, 6) is -0.920. The zero-order chi connectivity index (χ0) is 20.4. The van der Waals surface area contributed by atoms with Crippen molar-refractivity contribution >= 4 is 38.9 Å². The summed E-state index contributed by atoms with van der Waals surface area (Å²) in [6, 6.07) is 11.1. The quantitative estimate of drug-likeness (QED) is 0.250. The standard InChI is InChI=1S/C18H23N3O5S2/c22-16(19-14-8-3-1-4-9-14)11-6-2-5-10-15(18(23)20-24)21-28(25,26)17-12-7-13-27-17/h1,3-4,7-9,12-13,15,21,24H,2,5-6,10-11H2,(H,19,22)(H,20,23)/t15-/m0/s1. The van der Waals surface area contributed by atoms with Gasteiger partial charge in [0.2, 0.25) is 5.91 Å². The molecule has 1 heterocycles. The van der Waals surface area contributed by atoms with Crippen molar-refractivity contribution in [3.05, 3.63) is 47.8 Å². The van der Waals surface area contributed by atoms with Crippen LogP contribution in [0.25, 0.3) is 0 Å². The molecule has 0 aliphatic rings. The summed E-state index contributed by atoms with van der Waals surface area (Å²) in [5.41, 5.74) is 2.22. The number of anilines is 1. The maximum absolute atomic E-state index is 12.3. The van der Waals surface area contributed by atoms with Crippen molar-refractivity contribution in [3.8, 4) is 0 Å².